The molecule has 1 spiro atoms. The second-order valence-electron chi connectivity index (χ2n) is 26.7. The van der Waals surface area contributed by atoms with Gasteiger partial charge in [-0.25, -0.2) is 0 Å². The molecular formula is C57H92O26. The van der Waals surface area contributed by atoms with E-state index in [9.17, 15) is 71.5 Å². The van der Waals surface area contributed by atoms with Gasteiger partial charge in [0, 0.05) is 12.3 Å². The lowest BCUT2D eigenvalue weighted by Gasteiger charge is -2.59. The first-order chi connectivity index (χ1) is 39.3. The second-order valence-corrected chi connectivity index (χ2v) is 26.7. The molecule has 26 nitrogen and oxygen atoms in total. The number of rotatable bonds is 13. The highest BCUT2D eigenvalue weighted by Crippen LogP contribution is 2.71. The number of aliphatic hydroxyl groups excluding tert-OH is 14. The summed E-state index contributed by atoms with van der Waals surface area (Å²) in [6.07, 6.45) is -31.8. The zero-order valence-corrected chi connectivity index (χ0v) is 48.0. The molecule has 476 valence electrons. The van der Waals surface area contributed by atoms with Gasteiger partial charge in [0.1, 0.15) is 110 Å². The molecule has 4 aliphatic carbocycles. The van der Waals surface area contributed by atoms with Crippen LogP contribution in [0.15, 0.2) is 11.6 Å². The molecule has 11 aliphatic rings. The van der Waals surface area contributed by atoms with Crippen LogP contribution in [0.5, 0.6) is 0 Å². The van der Waals surface area contributed by atoms with Gasteiger partial charge in [-0.1, -0.05) is 39.3 Å². The lowest BCUT2D eigenvalue weighted by Crippen LogP contribution is -2.67. The zero-order valence-electron chi connectivity index (χ0n) is 48.0. The summed E-state index contributed by atoms with van der Waals surface area (Å²) in [5.41, 5.74) is 1.20. The van der Waals surface area contributed by atoms with Crippen LogP contribution >= 0.6 is 0 Å². The lowest BCUT2D eigenvalue weighted by molar-refractivity contribution is -0.397. The van der Waals surface area contributed by atoms with E-state index < -0.39 is 185 Å². The quantitative estimate of drug-likeness (QED) is 0.0812. The molecule has 7 saturated heterocycles. The third-order valence-electron chi connectivity index (χ3n) is 21.9. The SMILES string of the molecule is CC1CC[C@@]2(OC1)OC1CC3C4CC=C5C[C@@H](O[C@@H]6O[C@H](CO)[C@@H](O)[C@H](O[C@@H]7O[C@H](CO)[C@@H](O)[C@H](O)[C@H]7O)[C@H]6O[C@@H]6O[C@H](CO[C@@H]7O[C@H](C)[C@@H](O[C@@H]8O[C@H](C)[C@@H](O)[C@H](O)[C@@H]8O)[C@H](O)[C@@H]7O)[C@@H](O)[C@H](O)[C@H]6O)CC[C@]5(C)C4CC[C@]3(C)C1C2C. The van der Waals surface area contributed by atoms with Gasteiger partial charge in [-0.15, -0.1) is 0 Å². The average molecular weight is 1190 g/mol. The summed E-state index contributed by atoms with van der Waals surface area (Å²) in [5, 5.41) is 153. The Labute approximate surface area is 482 Å². The van der Waals surface area contributed by atoms with Crippen LogP contribution in [0, 0.1) is 46.3 Å². The van der Waals surface area contributed by atoms with Gasteiger partial charge in [0.05, 0.1) is 50.8 Å². The van der Waals surface area contributed by atoms with Crippen molar-refractivity contribution in [1.82, 2.24) is 0 Å². The fourth-order valence-electron chi connectivity index (χ4n) is 16.9. The van der Waals surface area contributed by atoms with E-state index in [2.05, 4.69) is 33.8 Å². The lowest BCUT2D eigenvalue weighted by atomic mass is 9.47. The summed E-state index contributed by atoms with van der Waals surface area (Å²) in [6, 6.07) is 0. The van der Waals surface area contributed by atoms with Crippen LogP contribution in [-0.2, 0) is 56.8 Å². The second kappa shape index (κ2) is 24.5. The molecule has 3 saturated carbocycles. The summed E-state index contributed by atoms with van der Waals surface area (Å²) in [7, 11) is 0. The number of aliphatic hydroxyl groups is 14. The first kappa shape index (κ1) is 63.3. The van der Waals surface area contributed by atoms with Gasteiger partial charge in [-0.2, -0.15) is 0 Å². The largest absolute Gasteiger partial charge is 0.394 e. The number of ether oxygens (including phenoxy) is 12. The van der Waals surface area contributed by atoms with Crippen LogP contribution in [0.1, 0.15) is 99.3 Å². The van der Waals surface area contributed by atoms with Gasteiger partial charge in [-0.05, 0) is 106 Å². The normalized spacial score (nSPS) is 57.3. The van der Waals surface area contributed by atoms with E-state index >= 15 is 0 Å². The monoisotopic (exact) mass is 1190 g/mol. The topological polar surface area (TPSA) is 394 Å². The Kier molecular flexibility index (Phi) is 18.7. The highest BCUT2D eigenvalue weighted by molar-refractivity contribution is 5.26. The molecule has 0 aromatic heterocycles. The van der Waals surface area contributed by atoms with Gasteiger partial charge in [0.2, 0.25) is 0 Å². The molecule has 0 amide bonds. The van der Waals surface area contributed by atoms with Gasteiger partial charge in [0.25, 0.3) is 0 Å². The van der Waals surface area contributed by atoms with Crippen molar-refractivity contribution >= 4 is 0 Å². The Hall–Kier alpha value is -1.30. The van der Waals surface area contributed by atoms with Crippen LogP contribution in [0.4, 0.5) is 0 Å². The maximum Gasteiger partial charge on any atom is 0.187 e. The van der Waals surface area contributed by atoms with E-state index in [0.717, 1.165) is 51.6 Å². The van der Waals surface area contributed by atoms with Crippen molar-refractivity contribution in [1.29, 1.82) is 0 Å². The fourth-order valence-corrected chi connectivity index (χ4v) is 16.9. The minimum absolute atomic E-state index is 0.112. The fraction of sp³-hybridized carbons (Fsp3) is 0.965. The zero-order chi connectivity index (χ0) is 59.5. The van der Waals surface area contributed by atoms with Gasteiger partial charge >= 0.3 is 0 Å². The Morgan fingerprint density at radius 2 is 1.11 bits per heavy atom. The predicted molar refractivity (Wildman–Crippen MR) is 278 cm³/mol. The molecule has 0 radical (unpaired) electrons. The molecule has 36 atom stereocenters. The van der Waals surface area contributed by atoms with Crippen LogP contribution in [0.25, 0.3) is 0 Å². The van der Waals surface area contributed by atoms with E-state index in [1.165, 1.54) is 19.4 Å². The molecular weight excluding hydrogens is 1100 g/mol. The average Bonchev–Trinajstić information content (AvgIpc) is 1.90. The molecule has 0 bridgehead atoms. The van der Waals surface area contributed by atoms with E-state index in [1.807, 2.05) is 0 Å². The first-order valence-corrected chi connectivity index (χ1v) is 30.2. The van der Waals surface area contributed by atoms with Crippen molar-refractivity contribution in [3.63, 3.8) is 0 Å². The summed E-state index contributed by atoms with van der Waals surface area (Å²) >= 11 is 0. The van der Waals surface area contributed by atoms with Crippen molar-refractivity contribution in [2.45, 2.75) is 271 Å². The van der Waals surface area contributed by atoms with Crippen molar-refractivity contribution in [2.24, 2.45) is 46.3 Å². The Bertz CT molecular complexity index is 2230. The highest BCUT2D eigenvalue weighted by Gasteiger charge is 2.69. The van der Waals surface area contributed by atoms with Crippen molar-refractivity contribution in [2.75, 3.05) is 26.4 Å². The first-order valence-electron chi connectivity index (χ1n) is 30.2. The molecule has 7 heterocycles. The third-order valence-corrected chi connectivity index (χ3v) is 21.9. The predicted octanol–water partition coefficient (Wildman–Crippen LogP) is -3.11. The van der Waals surface area contributed by atoms with Crippen molar-refractivity contribution in [3.05, 3.63) is 11.6 Å². The summed E-state index contributed by atoms with van der Waals surface area (Å²) in [4.78, 5) is 0. The molecule has 14 N–H and O–H groups in total. The highest BCUT2D eigenvalue weighted by atomic mass is 16.8. The summed E-state index contributed by atoms with van der Waals surface area (Å²) in [5.74, 6) is 2.07. The van der Waals surface area contributed by atoms with Gasteiger partial charge < -0.3 is 128 Å². The number of hydrogen-bond acceptors (Lipinski definition) is 26. The standard InChI is InChI=1S/C57H92O26/c1-21-9-14-57(73-19-21)22(2)34-30(83-57)16-29-27-8-7-25-15-26(10-12-55(25,5)28(27)11-13-56(29,34)6)76-54-49(48(38(63)32(18-59)78-54)81-52-44(69)40(65)36(61)31(17-58)77-52)82-53-45(70)41(66)37(62)33(79-53)20-72-50-46(71)42(67)47(24(4)75-50)80-51-43(68)39(64)35(60)23(3)74-51/h7,21-24,26-54,58-71H,8-20H2,1-6H3/t21?,22?,23-,24-,26+,27?,28?,29?,30?,31-,32-,33-,34?,35-,36-,37-,38-,39+,40+,41+,42-,43+,44-,45-,46+,47-,48+,49-,50-,51+,52+,53+,54-,55+,56+,57-/m1/s1. The smallest absolute Gasteiger partial charge is 0.187 e. The molecule has 7 aliphatic heterocycles. The van der Waals surface area contributed by atoms with E-state index in [-0.39, 0.29) is 16.9 Å². The number of fused-ring (bicyclic) bond motifs is 7. The Balaban J connectivity index is 0.801. The Morgan fingerprint density at radius 1 is 0.530 bits per heavy atom. The maximum absolute atomic E-state index is 11.9. The summed E-state index contributed by atoms with van der Waals surface area (Å²) < 4.78 is 74.0. The van der Waals surface area contributed by atoms with Crippen LogP contribution in [-0.4, -0.2) is 269 Å². The molecule has 0 aromatic carbocycles. The van der Waals surface area contributed by atoms with Crippen LogP contribution in [0.2, 0.25) is 0 Å². The molecule has 7 unspecified atom stereocenters. The Morgan fingerprint density at radius 3 is 1.77 bits per heavy atom. The minimum atomic E-state index is -2.04. The number of allylic oxidation sites excluding steroid dienone is 1. The van der Waals surface area contributed by atoms with Crippen molar-refractivity contribution in [3.8, 4) is 0 Å². The van der Waals surface area contributed by atoms with Crippen molar-refractivity contribution < 1.29 is 128 Å². The van der Waals surface area contributed by atoms with E-state index in [0.29, 0.717) is 48.3 Å². The molecule has 83 heavy (non-hydrogen) atoms. The molecule has 0 aromatic rings. The van der Waals surface area contributed by atoms with Crippen LogP contribution in [0.3, 0.4) is 0 Å². The van der Waals surface area contributed by atoms with E-state index in [1.54, 1.807) is 0 Å². The third kappa shape index (κ3) is 11.2. The van der Waals surface area contributed by atoms with E-state index in [4.69, 9.17) is 56.8 Å². The maximum atomic E-state index is 11.9. The number of hydrogen-bond donors (Lipinski definition) is 14. The van der Waals surface area contributed by atoms with Gasteiger partial charge in [-0.3, -0.25) is 0 Å². The summed E-state index contributed by atoms with van der Waals surface area (Å²) in [6.45, 7) is 10.8. The molecule has 11 rings (SSSR count). The van der Waals surface area contributed by atoms with Gasteiger partial charge in [0.15, 0.2) is 37.2 Å². The molecule has 26 heteroatoms. The van der Waals surface area contributed by atoms with Crippen LogP contribution < -0.4 is 0 Å². The molecule has 10 fully saturated rings. The minimum Gasteiger partial charge on any atom is -0.394 e.